The van der Waals surface area contributed by atoms with E-state index < -0.39 is 6.04 Å². The number of ether oxygens (including phenoxy) is 1. The number of imidazole rings is 1. The van der Waals surface area contributed by atoms with Crippen molar-refractivity contribution >= 4 is 5.97 Å². The summed E-state index contributed by atoms with van der Waals surface area (Å²) in [5.74, 6) is 1.27. The second-order valence-electron chi connectivity index (χ2n) is 8.57. The largest absolute Gasteiger partial charge is 0.465 e. The highest BCUT2D eigenvalue weighted by Crippen LogP contribution is 2.32. The molecular weight excluding hydrogens is 442 g/mol. The number of tetrazole rings is 1. The lowest BCUT2D eigenvalue weighted by Gasteiger charge is -2.25. The maximum absolute atomic E-state index is 12.8. The van der Waals surface area contributed by atoms with Crippen molar-refractivity contribution in [1.82, 2.24) is 35.5 Å². The second-order valence-corrected chi connectivity index (χ2v) is 8.57. The summed E-state index contributed by atoms with van der Waals surface area (Å²) in [6.45, 7) is 5.59. The molecule has 0 fully saturated rings. The van der Waals surface area contributed by atoms with Gasteiger partial charge in [0.15, 0.2) is 0 Å². The summed E-state index contributed by atoms with van der Waals surface area (Å²) in [6, 6.07) is 16.0. The van der Waals surface area contributed by atoms with E-state index in [1.54, 1.807) is 0 Å². The molecule has 1 atom stereocenters. The number of fused-ring (bicyclic) bond motifs is 1. The third-order valence-corrected chi connectivity index (χ3v) is 6.24. The zero-order valence-corrected chi connectivity index (χ0v) is 20.0. The molecule has 1 aliphatic rings. The number of aromatic amines is 1. The topological polar surface area (TPSA) is 111 Å². The Balaban J connectivity index is 1.58. The molecule has 1 aliphatic heterocycles. The van der Waals surface area contributed by atoms with Crippen LogP contribution in [0.15, 0.2) is 48.5 Å². The van der Waals surface area contributed by atoms with Crippen LogP contribution in [0, 0.1) is 0 Å². The molecule has 0 saturated heterocycles. The minimum Gasteiger partial charge on any atom is -0.465 e. The van der Waals surface area contributed by atoms with Gasteiger partial charge >= 0.3 is 5.97 Å². The Morgan fingerprint density at radius 3 is 2.74 bits per heavy atom. The molecule has 0 aliphatic carbocycles. The van der Waals surface area contributed by atoms with E-state index in [9.17, 15) is 4.79 Å². The number of aryl methyl sites for hydroxylation is 1. The Hall–Kier alpha value is -3.85. The van der Waals surface area contributed by atoms with Crippen LogP contribution in [0.2, 0.25) is 0 Å². The third kappa shape index (κ3) is 4.59. The second kappa shape index (κ2) is 10.2. The minimum absolute atomic E-state index is 0.260. The van der Waals surface area contributed by atoms with Crippen LogP contribution >= 0.6 is 0 Å². The molecule has 9 heteroatoms. The summed E-state index contributed by atoms with van der Waals surface area (Å²) in [6.07, 6.45) is 2.59. The highest BCUT2D eigenvalue weighted by molar-refractivity contribution is 5.81. The first-order valence-electron chi connectivity index (χ1n) is 12.1. The number of carbonyl (C=O) groups excluding carboxylic acids is 1. The van der Waals surface area contributed by atoms with Crippen LogP contribution in [-0.4, -0.2) is 49.3 Å². The van der Waals surface area contributed by atoms with Gasteiger partial charge < -0.3 is 9.30 Å². The molecule has 180 valence electrons. The van der Waals surface area contributed by atoms with Gasteiger partial charge in [-0.25, -0.2) is 9.78 Å². The van der Waals surface area contributed by atoms with Gasteiger partial charge in [0.25, 0.3) is 0 Å². The van der Waals surface area contributed by atoms with Crippen LogP contribution in [0.1, 0.15) is 49.1 Å². The molecule has 2 aromatic carbocycles. The van der Waals surface area contributed by atoms with E-state index in [0.29, 0.717) is 25.5 Å². The summed E-state index contributed by atoms with van der Waals surface area (Å²) in [7, 11) is 0. The fourth-order valence-corrected chi connectivity index (χ4v) is 4.72. The van der Waals surface area contributed by atoms with Crippen molar-refractivity contribution in [1.29, 1.82) is 0 Å². The summed E-state index contributed by atoms with van der Waals surface area (Å²) >= 11 is 0. The van der Waals surface area contributed by atoms with Crippen molar-refractivity contribution in [2.45, 2.75) is 45.7 Å². The number of esters is 1. The van der Waals surface area contributed by atoms with Gasteiger partial charge in [-0.2, -0.15) is 5.21 Å². The Kier molecular flexibility index (Phi) is 6.67. The van der Waals surface area contributed by atoms with Crippen LogP contribution < -0.4 is 5.32 Å². The predicted octanol–water partition coefficient (Wildman–Crippen LogP) is 3.48. The Morgan fingerprint density at radius 2 is 2.00 bits per heavy atom. The molecule has 0 amide bonds. The summed E-state index contributed by atoms with van der Waals surface area (Å²) in [5, 5.41) is 18.2. The van der Waals surface area contributed by atoms with Crippen LogP contribution in [0.25, 0.3) is 22.5 Å². The first-order valence-corrected chi connectivity index (χ1v) is 12.1. The summed E-state index contributed by atoms with van der Waals surface area (Å²) in [5.41, 5.74) is 5.96. The molecule has 1 unspecified atom stereocenters. The number of nitrogens with one attached hydrogen (secondary N) is 2. The monoisotopic (exact) mass is 471 g/mol. The quantitative estimate of drug-likeness (QED) is 0.379. The van der Waals surface area contributed by atoms with Gasteiger partial charge in [-0.05, 0) is 41.3 Å². The lowest BCUT2D eigenvalue weighted by Crippen LogP contribution is -2.37. The molecule has 0 spiro atoms. The van der Waals surface area contributed by atoms with Crippen molar-refractivity contribution in [3.05, 3.63) is 71.3 Å². The Bertz CT molecular complexity index is 1300. The number of hydrogen-bond acceptors (Lipinski definition) is 7. The number of H-pyrrole nitrogens is 1. The van der Waals surface area contributed by atoms with Gasteiger partial charge in [-0.15, -0.1) is 10.2 Å². The summed E-state index contributed by atoms with van der Waals surface area (Å²) in [4.78, 5) is 17.7. The Labute approximate surface area is 203 Å². The number of benzene rings is 2. The van der Waals surface area contributed by atoms with Crippen LogP contribution in [0.5, 0.6) is 0 Å². The van der Waals surface area contributed by atoms with Crippen LogP contribution in [0.4, 0.5) is 0 Å². The van der Waals surface area contributed by atoms with E-state index >= 15 is 0 Å². The van der Waals surface area contributed by atoms with Crippen molar-refractivity contribution in [2.75, 3.05) is 13.2 Å². The van der Waals surface area contributed by atoms with Crippen LogP contribution in [0.3, 0.4) is 0 Å². The highest BCUT2D eigenvalue weighted by atomic mass is 16.5. The molecule has 4 aromatic rings. The van der Waals surface area contributed by atoms with E-state index in [1.807, 2.05) is 25.1 Å². The highest BCUT2D eigenvalue weighted by Gasteiger charge is 2.33. The molecule has 3 heterocycles. The number of carbonyl (C=O) groups is 1. The molecule has 2 aromatic heterocycles. The average molecular weight is 472 g/mol. The molecule has 2 N–H and O–H groups in total. The fraction of sp³-hybridized carbons (Fsp3) is 0.346. The van der Waals surface area contributed by atoms with Crippen LogP contribution in [-0.2, 0) is 28.9 Å². The molecule has 0 saturated carbocycles. The zero-order chi connectivity index (χ0) is 24.2. The normalized spacial score (nSPS) is 15.1. The van der Waals surface area contributed by atoms with Gasteiger partial charge in [0, 0.05) is 31.5 Å². The van der Waals surface area contributed by atoms with E-state index in [2.05, 4.69) is 67.8 Å². The summed E-state index contributed by atoms with van der Waals surface area (Å²) < 4.78 is 7.56. The standard InChI is InChI=1S/C26H29N7O2/c1-3-8-22-28-21-13-14-27-23(26(34)35-4-2)24(21)33(22)16-17-11-12-19(18-9-6-5-7-10-18)20(15-17)25-29-31-32-30-25/h5-7,9-12,15,23,27H,3-4,8,13-14,16H2,1-2H3,(H,29,30,31,32). The van der Waals surface area contributed by atoms with Crippen molar-refractivity contribution in [3.63, 3.8) is 0 Å². The third-order valence-electron chi connectivity index (χ3n) is 6.24. The lowest BCUT2D eigenvalue weighted by atomic mass is 9.96. The maximum atomic E-state index is 12.8. The van der Waals surface area contributed by atoms with Gasteiger partial charge in [-0.3, -0.25) is 5.32 Å². The maximum Gasteiger partial charge on any atom is 0.329 e. The van der Waals surface area contributed by atoms with Gasteiger partial charge in [0.05, 0.1) is 18.0 Å². The molecule has 5 rings (SSSR count). The predicted molar refractivity (Wildman–Crippen MR) is 131 cm³/mol. The van der Waals surface area contributed by atoms with Crippen molar-refractivity contribution < 1.29 is 9.53 Å². The molecular formula is C26H29N7O2. The smallest absolute Gasteiger partial charge is 0.329 e. The average Bonchev–Trinajstić information content (AvgIpc) is 3.54. The zero-order valence-electron chi connectivity index (χ0n) is 20.0. The Morgan fingerprint density at radius 1 is 1.14 bits per heavy atom. The van der Waals surface area contributed by atoms with E-state index in [-0.39, 0.29) is 5.97 Å². The SMILES string of the molecule is CCCc1nc2c(n1Cc1ccc(-c3ccccc3)c(-c3nn[nH]n3)c1)C(C(=O)OCC)NCC2. The van der Waals surface area contributed by atoms with Gasteiger partial charge in [0.2, 0.25) is 5.82 Å². The van der Waals surface area contributed by atoms with E-state index in [1.165, 1.54) is 0 Å². The first-order chi connectivity index (χ1) is 17.2. The number of nitrogens with zero attached hydrogens (tertiary/aromatic N) is 5. The minimum atomic E-state index is -0.517. The lowest BCUT2D eigenvalue weighted by molar-refractivity contribution is -0.146. The fourth-order valence-electron chi connectivity index (χ4n) is 4.72. The number of aromatic nitrogens is 6. The first kappa shape index (κ1) is 22.9. The number of hydrogen-bond donors (Lipinski definition) is 2. The van der Waals surface area contributed by atoms with Gasteiger partial charge in [0.1, 0.15) is 11.9 Å². The van der Waals surface area contributed by atoms with E-state index in [0.717, 1.165) is 58.7 Å². The molecule has 0 radical (unpaired) electrons. The van der Waals surface area contributed by atoms with Crippen molar-refractivity contribution in [3.8, 4) is 22.5 Å². The van der Waals surface area contributed by atoms with Crippen molar-refractivity contribution in [2.24, 2.45) is 0 Å². The molecule has 0 bridgehead atoms. The van der Waals surface area contributed by atoms with Gasteiger partial charge in [-0.1, -0.05) is 49.4 Å². The number of rotatable bonds is 8. The molecule has 35 heavy (non-hydrogen) atoms. The molecule has 9 nitrogen and oxygen atoms in total. The van der Waals surface area contributed by atoms with E-state index in [4.69, 9.17) is 9.72 Å².